The molecule has 0 aromatic rings. The molecule has 2 rings (SSSR count). The first kappa shape index (κ1) is 16.1. The highest BCUT2D eigenvalue weighted by atomic mass is 16.4. The predicted octanol–water partition coefficient (Wildman–Crippen LogP) is 2.48. The number of nitrogens with one attached hydrogen (secondary N) is 1. The molecular formula is C16H29N3O2. The number of carbonyl (C=O) groups is 1. The summed E-state index contributed by atoms with van der Waals surface area (Å²) in [5.41, 5.74) is 6.03. The third kappa shape index (κ3) is 4.11. The van der Waals surface area contributed by atoms with Crippen molar-refractivity contribution in [3.05, 3.63) is 0 Å². The van der Waals surface area contributed by atoms with Gasteiger partial charge in [-0.2, -0.15) is 0 Å². The number of oxime groups is 1. The van der Waals surface area contributed by atoms with E-state index in [2.05, 4.69) is 31.2 Å². The summed E-state index contributed by atoms with van der Waals surface area (Å²) in [6.45, 7) is 6.83. The highest BCUT2D eigenvalue weighted by Crippen LogP contribution is 2.40. The maximum atomic E-state index is 12.4. The summed E-state index contributed by atoms with van der Waals surface area (Å²) >= 11 is 0. The summed E-state index contributed by atoms with van der Waals surface area (Å²) in [4.78, 5) is 12.4. The lowest BCUT2D eigenvalue weighted by molar-refractivity contribution is -0.127. The molecule has 5 heteroatoms. The molecule has 0 radical (unpaired) electrons. The Bertz CT molecular complexity index is 402. The van der Waals surface area contributed by atoms with Crippen molar-refractivity contribution < 1.29 is 10.0 Å². The fourth-order valence-electron chi connectivity index (χ4n) is 3.42. The van der Waals surface area contributed by atoms with Gasteiger partial charge in [-0.05, 0) is 55.8 Å². The van der Waals surface area contributed by atoms with E-state index in [0.717, 1.165) is 38.5 Å². The molecule has 0 aromatic heterocycles. The molecule has 5 nitrogen and oxygen atoms in total. The van der Waals surface area contributed by atoms with E-state index in [0.29, 0.717) is 17.3 Å². The molecule has 2 aliphatic rings. The van der Waals surface area contributed by atoms with Gasteiger partial charge in [-0.1, -0.05) is 25.9 Å². The minimum absolute atomic E-state index is 0.0749. The fraction of sp³-hybridized carbons (Fsp3) is 0.875. The number of hydrogen-bond acceptors (Lipinski definition) is 3. The molecule has 0 bridgehead atoms. The standard InChI is InChI=1S/C16H29N3O2/c1-16(2,3)12-8-6-11(7-9-12)15(20)18-13(10-4-5-10)14(17)19-21/h10-13,21H,4-9H2,1-3H3,(H2,17,19)(H,18,20). The zero-order valence-corrected chi connectivity index (χ0v) is 13.4. The highest BCUT2D eigenvalue weighted by molar-refractivity contribution is 5.91. The first-order valence-electron chi connectivity index (χ1n) is 8.10. The second-order valence-electron chi connectivity index (χ2n) is 7.76. The number of amidine groups is 1. The average molecular weight is 295 g/mol. The lowest BCUT2D eigenvalue weighted by Crippen LogP contribution is -2.48. The van der Waals surface area contributed by atoms with E-state index in [1.54, 1.807) is 0 Å². The second-order valence-corrected chi connectivity index (χ2v) is 7.76. The minimum Gasteiger partial charge on any atom is -0.409 e. The quantitative estimate of drug-likeness (QED) is 0.322. The van der Waals surface area contributed by atoms with Crippen LogP contribution in [-0.4, -0.2) is 23.0 Å². The van der Waals surface area contributed by atoms with Crippen LogP contribution in [0.4, 0.5) is 0 Å². The molecule has 0 aliphatic heterocycles. The topological polar surface area (TPSA) is 87.7 Å². The first-order valence-corrected chi connectivity index (χ1v) is 8.10. The smallest absolute Gasteiger partial charge is 0.223 e. The summed E-state index contributed by atoms with van der Waals surface area (Å²) in [5.74, 6) is 1.33. The van der Waals surface area contributed by atoms with Gasteiger partial charge >= 0.3 is 0 Å². The van der Waals surface area contributed by atoms with E-state index < -0.39 is 0 Å². The van der Waals surface area contributed by atoms with Crippen molar-refractivity contribution in [3.8, 4) is 0 Å². The van der Waals surface area contributed by atoms with Gasteiger partial charge in [0.15, 0.2) is 5.84 Å². The molecule has 1 atom stereocenters. The molecule has 1 unspecified atom stereocenters. The van der Waals surface area contributed by atoms with Crippen molar-refractivity contribution in [2.45, 2.75) is 65.3 Å². The van der Waals surface area contributed by atoms with E-state index in [4.69, 9.17) is 10.9 Å². The normalized spacial score (nSPS) is 29.0. The molecule has 120 valence electrons. The molecule has 0 saturated heterocycles. The lowest BCUT2D eigenvalue weighted by Gasteiger charge is -2.36. The third-order valence-electron chi connectivity index (χ3n) is 5.15. The van der Waals surface area contributed by atoms with Gasteiger partial charge in [-0.25, -0.2) is 0 Å². The molecule has 0 aromatic carbocycles. The number of rotatable bonds is 4. The predicted molar refractivity (Wildman–Crippen MR) is 83.0 cm³/mol. The van der Waals surface area contributed by atoms with Crippen molar-refractivity contribution in [2.75, 3.05) is 0 Å². The van der Waals surface area contributed by atoms with Crippen molar-refractivity contribution in [1.29, 1.82) is 0 Å². The Balaban J connectivity index is 1.87. The largest absolute Gasteiger partial charge is 0.409 e. The van der Waals surface area contributed by atoms with Gasteiger partial charge in [0.2, 0.25) is 5.91 Å². The Labute approximate surface area is 127 Å². The van der Waals surface area contributed by atoms with E-state index in [1.165, 1.54) is 0 Å². The Hall–Kier alpha value is -1.26. The Morgan fingerprint density at radius 2 is 1.76 bits per heavy atom. The van der Waals surface area contributed by atoms with Crippen LogP contribution in [-0.2, 0) is 4.79 Å². The van der Waals surface area contributed by atoms with Gasteiger partial charge in [-0.15, -0.1) is 0 Å². The van der Waals surface area contributed by atoms with Crippen LogP contribution in [0.25, 0.3) is 0 Å². The van der Waals surface area contributed by atoms with Crippen LogP contribution in [0, 0.1) is 23.2 Å². The SMILES string of the molecule is CC(C)(C)C1CCC(C(=O)NC(C(N)=NO)C2CC2)CC1. The number of nitrogens with two attached hydrogens (primary N) is 1. The Morgan fingerprint density at radius 3 is 2.19 bits per heavy atom. The average Bonchev–Trinajstić information content (AvgIpc) is 3.27. The zero-order valence-electron chi connectivity index (χ0n) is 13.4. The van der Waals surface area contributed by atoms with Crippen LogP contribution in [0.3, 0.4) is 0 Å². The number of nitrogens with zero attached hydrogens (tertiary/aromatic N) is 1. The zero-order chi connectivity index (χ0) is 15.6. The summed E-state index contributed by atoms with van der Waals surface area (Å²) in [6.07, 6.45) is 6.19. The number of hydrogen-bond donors (Lipinski definition) is 3. The third-order valence-corrected chi connectivity index (χ3v) is 5.15. The van der Waals surface area contributed by atoms with Crippen molar-refractivity contribution in [3.63, 3.8) is 0 Å². The van der Waals surface area contributed by atoms with Crippen LogP contribution >= 0.6 is 0 Å². The summed E-state index contributed by atoms with van der Waals surface area (Å²) < 4.78 is 0. The summed E-state index contributed by atoms with van der Waals surface area (Å²) in [6, 6.07) is -0.289. The molecule has 0 spiro atoms. The van der Waals surface area contributed by atoms with E-state index >= 15 is 0 Å². The maximum Gasteiger partial charge on any atom is 0.223 e. The van der Waals surface area contributed by atoms with Crippen molar-refractivity contribution in [2.24, 2.45) is 34.1 Å². The molecule has 0 heterocycles. The summed E-state index contributed by atoms with van der Waals surface area (Å²) in [7, 11) is 0. The van der Waals surface area contributed by atoms with Crippen molar-refractivity contribution >= 4 is 11.7 Å². The van der Waals surface area contributed by atoms with Gasteiger partial charge in [0.25, 0.3) is 0 Å². The maximum absolute atomic E-state index is 12.4. The molecule has 21 heavy (non-hydrogen) atoms. The van der Waals surface area contributed by atoms with Gasteiger partial charge < -0.3 is 16.3 Å². The Morgan fingerprint density at radius 1 is 1.19 bits per heavy atom. The van der Waals surface area contributed by atoms with Gasteiger partial charge in [-0.3, -0.25) is 4.79 Å². The van der Waals surface area contributed by atoms with E-state index in [-0.39, 0.29) is 23.7 Å². The van der Waals surface area contributed by atoms with Crippen LogP contribution in [0.2, 0.25) is 0 Å². The van der Waals surface area contributed by atoms with Crippen LogP contribution in [0.15, 0.2) is 5.16 Å². The van der Waals surface area contributed by atoms with Crippen molar-refractivity contribution in [1.82, 2.24) is 5.32 Å². The number of amides is 1. The van der Waals surface area contributed by atoms with Gasteiger partial charge in [0, 0.05) is 5.92 Å². The van der Waals surface area contributed by atoms with Crippen LogP contribution in [0.5, 0.6) is 0 Å². The van der Waals surface area contributed by atoms with E-state index in [1.807, 2.05) is 0 Å². The highest BCUT2D eigenvalue weighted by Gasteiger charge is 2.38. The van der Waals surface area contributed by atoms with E-state index in [9.17, 15) is 4.79 Å². The van der Waals surface area contributed by atoms with Gasteiger partial charge in [0.05, 0.1) is 6.04 Å². The van der Waals surface area contributed by atoms with Gasteiger partial charge in [0.1, 0.15) is 0 Å². The fourth-order valence-corrected chi connectivity index (χ4v) is 3.42. The number of carbonyl (C=O) groups excluding carboxylic acids is 1. The molecular weight excluding hydrogens is 266 g/mol. The molecule has 4 N–H and O–H groups in total. The minimum atomic E-state index is -0.289. The molecule has 2 fully saturated rings. The monoisotopic (exact) mass is 295 g/mol. The Kier molecular flexibility index (Phi) is 4.79. The van der Waals surface area contributed by atoms with Crippen LogP contribution in [0.1, 0.15) is 59.3 Å². The summed E-state index contributed by atoms with van der Waals surface area (Å²) in [5, 5.41) is 14.9. The first-order chi connectivity index (χ1) is 9.82. The second kappa shape index (κ2) is 6.24. The molecule has 2 aliphatic carbocycles. The molecule has 2 saturated carbocycles. The van der Waals surface area contributed by atoms with Crippen LogP contribution < -0.4 is 11.1 Å². The lowest BCUT2D eigenvalue weighted by atomic mass is 9.69. The molecule has 1 amide bonds.